The summed E-state index contributed by atoms with van der Waals surface area (Å²) in [6.07, 6.45) is 0.142. The van der Waals surface area contributed by atoms with Gasteiger partial charge in [-0.3, -0.25) is 0 Å². The molecule has 0 aromatic heterocycles. The number of hydrogen-bond donors (Lipinski definition) is 4. The number of nitrogens with zero attached hydrogens (tertiary/aromatic N) is 1. The lowest BCUT2D eigenvalue weighted by Gasteiger charge is -2.18. The van der Waals surface area contributed by atoms with Gasteiger partial charge in [0.05, 0.1) is 0 Å². The van der Waals surface area contributed by atoms with Crippen LogP contribution in [-0.2, 0) is 18.2 Å². The van der Waals surface area contributed by atoms with Crippen LogP contribution >= 0.6 is 16.5 Å². The lowest BCUT2D eigenvalue weighted by molar-refractivity contribution is -0.277. The smallest absolute Gasteiger partial charge is 0.337 e. The van der Waals surface area contributed by atoms with Crippen LogP contribution in [0, 0.1) is 0 Å². The Morgan fingerprint density at radius 3 is 2.16 bits per heavy atom. The Hall–Kier alpha value is -0.0800. The largest absolute Gasteiger partial charge is 0.700 e. The molecule has 0 spiro atoms. The lowest BCUT2D eigenvalue weighted by Crippen LogP contribution is -2.34. The molecule has 0 rings (SSSR count). The fourth-order valence-corrected chi connectivity index (χ4v) is 2.14. The first-order valence-corrected chi connectivity index (χ1v) is 7.81. The highest BCUT2D eigenvalue weighted by atomic mass is 31.1. The van der Waals surface area contributed by atoms with Gasteiger partial charge >= 0.3 is 22.5 Å². The molecule has 19 heavy (non-hydrogen) atoms. The van der Waals surface area contributed by atoms with Crippen LogP contribution in [0.2, 0.25) is 0 Å². The SMILES string of the molecule is CNCCN(C)CCCC(O)(O[P+](=O)O)O[P+](=O)O. The highest BCUT2D eigenvalue weighted by molar-refractivity contribution is 7.33. The van der Waals surface area contributed by atoms with Crippen molar-refractivity contribution >= 4 is 16.5 Å². The number of aliphatic hydroxyl groups is 1. The summed E-state index contributed by atoms with van der Waals surface area (Å²) in [5, 5.41) is 12.7. The minimum absolute atomic E-state index is 0.208. The molecule has 2 atom stereocenters. The van der Waals surface area contributed by atoms with E-state index in [9.17, 15) is 14.2 Å². The lowest BCUT2D eigenvalue weighted by atomic mass is 10.2. The molecule has 11 heteroatoms. The quantitative estimate of drug-likeness (QED) is 0.305. The van der Waals surface area contributed by atoms with E-state index >= 15 is 0 Å². The summed E-state index contributed by atoms with van der Waals surface area (Å²) in [5.74, 6) is -2.53. The molecule has 0 amide bonds. The van der Waals surface area contributed by atoms with Crippen LogP contribution < -0.4 is 5.32 Å². The van der Waals surface area contributed by atoms with Crippen LogP contribution in [0.25, 0.3) is 0 Å². The molecule has 112 valence electrons. The molecule has 0 aliphatic heterocycles. The first-order valence-electron chi connectivity index (χ1n) is 5.55. The van der Waals surface area contributed by atoms with E-state index < -0.39 is 22.5 Å². The van der Waals surface area contributed by atoms with Crippen LogP contribution in [0.4, 0.5) is 0 Å². The van der Waals surface area contributed by atoms with Crippen LogP contribution in [0.15, 0.2) is 0 Å². The van der Waals surface area contributed by atoms with E-state index in [1.165, 1.54) is 0 Å². The predicted molar refractivity (Wildman–Crippen MR) is 67.4 cm³/mol. The first-order chi connectivity index (χ1) is 8.79. The second-order valence-electron chi connectivity index (χ2n) is 3.88. The van der Waals surface area contributed by atoms with Gasteiger partial charge in [-0.2, -0.15) is 0 Å². The second kappa shape index (κ2) is 9.77. The summed E-state index contributed by atoms with van der Waals surface area (Å²) in [6, 6.07) is 0. The van der Waals surface area contributed by atoms with E-state index in [0.717, 1.165) is 13.1 Å². The molecule has 9 nitrogen and oxygen atoms in total. The van der Waals surface area contributed by atoms with E-state index in [0.29, 0.717) is 13.0 Å². The summed E-state index contributed by atoms with van der Waals surface area (Å²) in [6.45, 7) is 2.12. The maximum absolute atomic E-state index is 10.5. The zero-order valence-electron chi connectivity index (χ0n) is 10.9. The third kappa shape index (κ3) is 10.4. The Bertz CT molecular complexity index is 289. The second-order valence-corrected chi connectivity index (χ2v) is 5.20. The zero-order chi connectivity index (χ0) is 14.9. The van der Waals surface area contributed by atoms with Crippen molar-refractivity contribution in [3.63, 3.8) is 0 Å². The zero-order valence-corrected chi connectivity index (χ0v) is 12.6. The molecule has 0 aromatic carbocycles. The molecular formula is C8H20N2O7P2+2. The van der Waals surface area contributed by atoms with Crippen molar-refractivity contribution in [1.29, 1.82) is 0 Å². The molecular weight excluding hydrogens is 298 g/mol. The molecule has 0 aromatic rings. The van der Waals surface area contributed by atoms with Gasteiger partial charge < -0.3 is 15.3 Å². The van der Waals surface area contributed by atoms with Gasteiger partial charge in [0.15, 0.2) is 0 Å². The van der Waals surface area contributed by atoms with Gasteiger partial charge in [-0.05, 0) is 36.1 Å². The Morgan fingerprint density at radius 2 is 1.74 bits per heavy atom. The van der Waals surface area contributed by atoms with Gasteiger partial charge in [0.2, 0.25) is 0 Å². The highest BCUT2D eigenvalue weighted by Crippen LogP contribution is 2.35. The summed E-state index contributed by atoms with van der Waals surface area (Å²) >= 11 is 0. The van der Waals surface area contributed by atoms with Crippen LogP contribution in [0.5, 0.6) is 0 Å². The number of likely N-dealkylation sites (N-methyl/N-ethyl adjacent to an activating group) is 2. The van der Waals surface area contributed by atoms with E-state index in [4.69, 9.17) is 9.79 Å². The van der Waals surface area contributed by atoms with Crippen molar-refractivity contribution in [2.75, 3.05) is 33.7 Å². The number of rotatable bonds is 11. The van der Waals surface area contributed by atoms with Gasteiger partial charge in [-0.1, -0.05) is 0 Å². The van der Waals surface area contributed by atoms with Crippen molar-refractivity contribution in [2.24, 2.45) is 0 Å². The van der Waals surface area contributed by atoms with Gasteiger partial charge in [0, 0.05) is 28.6 Å². The molecule has 0 heterocycles. The fourth-order valence-electron chi connectivity index (χ4n) is 1.34. The Morgan fingerprint density at radius 1 is 1.21 bits per heavy atom. The maximum atomic E-state index is 10.5. The maximum Gasteiger partial charge on any atom is 0.700 e. The van der Waals surface area contributed by atoms with Crippen LogP contribution in [0.3, 0.4) is 0 Å². The molecule has 0 bridgehead atoms. The van der Waals surface area contributed by atoms with Gasteiger partial charge in [-0.25, -0.2) is 0 Å². The average Bonchev–Trinajstić information content (AvgIpc) is 2.23. The van der Waals surface area contributed by atoms with Crippen molar-refractivity contribution in [3.05, 3.63) is 0 Å². The Kier molecular flexibility index (Phi) is 9.72. The topological polar surface area (TPSA) is 129 Å². The summed E-state index contributed by atoms with van der Waals surface area (Å²) in [4.78, 5) is 19.1. The van der Waals surface area contributed by atoms with Crippen molar-refractivity contribution in [1.82, 2.24) is 10.2 Å². The van der Waals surface area contributed by atoms with E-state index in [1.807, 2.05) is 19.0 Å². The van der Waals surface area contributed by atoms with Crippen LogP contribution in [-0.4, -0.2) is 59.5 Å². The van der Waals surface area contributed by atoms with Gasteiger partial charge in [0.1, 0.15) is 0 Å². The first kappa shape index (κ1) is 18.9. The summed E-state index contributed by atoms with van der Waals surface area (Å²) in [5.41, 5.74) is 0. The molecule has 2 unspecified atom stereocenters. The van der Waals surface area contributed by atoms with Crippen molar-refractivity contribution in [3.8, 4) is 0 Å². The molecule has 0 fully saturated rings. The predicted octanol–water partition coefficient (Wildman–Crippen LogP) is -0.104. The van der Waals surface area contributed by atoms with Crippen molar-refractivity contribution < 1.29 is 33.1 Å². The van der Waals surface area contributed by atoms with Crippen LogP contribution in [0.1, 0.15) is 12.8 Å². The summed E-state index contributed by atoms with van der Waals surface area (Å²) < 4.78 is 29.5. The van der Waals surface area contributed by atoms with E-state index in [2.05, 4.69) is 14.4 Å². The molecule has 0 radical (unpaired) electrons. The fraction of sp³-hybridized carbons (Fsp3) is 1.00. The standard InChI is InChI=1S/C8H18N2O7P2/c1-9-5-7-10(2)6-3-4-8(11,16-18(12)13)17-19(14)15/h9,11H,3-7H2,1-2H3/p+2. The molecule has 0 aliphatic rings. The number of hydrogen-bond acceptors (Lipinski definition) is 7. The normalized spacial score (nSPS) is 16.3. The minimum atomic E-state index is -3.15. The minimum Gasteiger partial charge on any atom is -0.337 e. The Balaban J connectivity index is 4.18. The molecule has 0 aliphatic carbocycles. The Labute approximate surface area is 113 Å². The van der Waals surface area contributed by atoms with Crippen molar-refractivity contribution in [2.45, 2.75) is 18.8 Å². The van der Waals surface area contributed by atoms with Gasteiger partial charge in [0.25, 0.3) is 0 Å². The number of nitrogens with one attached hydrogen (secondary N) is 1. The summed E-state index contributed by atoms with van der Waals surface area (Å²) in [7, 11) is -2.62. The molecule has 0 saturated heterocycles. The third-order valence-electron chi connectivity index (χ3n) is 2.22. The van der Waals surface area contributed by atoms with Gasteiger partial charge in [-0.15, -0.1) is 9.79 Å². The average molecular weight is 318 g/mol. The third-order valence-corrected chi connectivity index (χ3v) is 3.10. The highest BCUT2D eigenvalue weighted by Gasteiger charge is 2.47. The monoisotopic (exact) mass is 318 g/mol. The van der Waals surface area contributed by atoms with E-state index in [-0.39, 0.29) is 6.42 Å². The van der Waals surface area contributed by atoms with E-state index in [1.54, 1.807) is 0 Å². The molecule has 4 N–H and O–H groups in total. The molecule has 0 saturated carbocycles.